The van der Waals surface area contributed by atoms with Crippen molar-refractivity contribution < 1.29 is 9.21 Å². The van der Waals surface area contributed by atoms with E-state index in [0.29, 0.717) is 17.0 Å². The van der Waals surface area contributed by atoms with Gasteiger partial charge in [-0.1, -0.05) is 48.5 Å². The average Bonchev–Trinajstić information content (AvgIpc) is 3.36. The van der Waals surface area contributed by atoms with Gasteiger partial charge in [-0.05, 0) is 24.3 Å². The first-order valence-corrected chi connectivity index (χ1v) is 8.02. The lowest BCUT2D eigenvalue weighted by atomic mass is 10.0. The standard InChI is InChI=1S/C21H13N3O2/c22-14-17-19(21(25)15-8-3-1-4-9-15)23-24(16-10-5-2-6-11-16)20(17)18-12-7-13-26-18/h1-13H. The molecule has 5 heteroatoms. The molecular formula is C21H13N3O2. The number of benzene rings is 2. The molecule has 0 saturated carbocycles. The average molecular weight is 339 g/mol. The van der Waals surface area contributed by atoms with Crippen molar-refractivity contribution in [3.8, 4) is 23.2 Å². The lowest BCUT2D eigenvalue weighted by molar-refractivity contribution is 0.103. The molecule has 0 aliphatic rings. The maximum atomic E-state index is 12.9. The number of rotatable bonds is 4. The molecule has 26 heavy (non-hydrogen) atoms. The molecule has 0 saturated heterocycles. The SMILES string of the molecule is N#Cc1c(C(=O)c2ccccc2)nn(-c2ccccc2)c1-c1ccco1. The minimum Gasteiger partial charge on any atom is -0.463 e. The number of aromatic nitrogens is 2. The zero-order valence-corrected chi connectivity index (χ0v) is 13.7. The Morgan fingerprint density at radius 1 is 0.962 bits per heavy atom. The molecule has 0 fully saturated rings. The summed E-state index contributed by atoms with van der Waals surface area (Å²) in [6.07, 6.45) is 1.53. The van der Waals surface area contributed by atoms with Gasteiger partial charge in [0.25, 0.3) is 0 Å². The molecule has 2 heterocycles. The molecule has 2 aromatic heterocycles. The maximum absolute atomic E-state index is 12.9. The van der Waals surface area contributed by atoms with Crippen LogP contribution in [0.25, 0.3) is 17.1 Å². The first kappa shape index (κ1) is 15.6. The third kappa shape index (κ3) is 2.60. The molecule has 0 amide bonds. The molecule has 0 spiro atoms. The Morgan fingerprint density at radius 2 is 1.65 bits per heavy atom. The van der Waals surface area contributed by atoms with Gasteiger partial charge >= 0.3 is 0 Å². The van der Waals surface area contributed by atoms with Gasteiger partial charge in [0.2, 0.25) is 5.78 Å². The van der Waals surface area contributed by atoms with Crippen LogP contribution < -0.4 is 0 Å². The zero-order chi connectivity index (χ0) is 17.9. The smallest absolute Gasteiger partial charge is 0.214 e. The molecule has 0 N–H and O–H groups in total. The molecule has 5 nitrogen and oxygen atoms in total. The number of hydrogen-bond donors (Lipinski definition) is 0. The first-order valence-electron chi connectivity index (χ1n) is 8.02. The van der Waals surface area contributed by atoms with Gasteiger partial charge in [0.05, 0.1) is 12.0 Å². The zero-order valence-electron chi connectivity index (χ0n) is 13.7. The Bertz CT molecular complexity index is 1090. The van der Waals surface area contributed by atoms with E-state index in [1.807, 2.05) is 36.4 Å². The quantitative estimate of drug-likeness (QED) is 0.522. The van der Waals surface area contributed by atoms with Gasteiger partial charge in [0.1, 0.15) is 17.3 Å². The number of ketones is 1. The van der Waals surface area contributed by atoms with Gasteiger partial charge in [-0.3, -0.25) is 4.79 Å². The van der Waals surface area contributed by atoms with Gasteiger partial charge in [0, 0.05) is 5.56 Å². The summed E-state index contributed by atoms with van der Waals surface area (Å²) in [7, 11) is 0. The third-order valence-electron chi connectivity index (χ3n) is 4.00. The molecule has 0 radical (unpaired) electrons. The summed E-state index contributed by atoms with van der Waals surface area (Å²) in [4.78, 5) is 12.9. The predicted octanol–water partition coefficient (Wildman–Crippen LogP) is 4.23. The Labute approximate surface area is 149 Å². The Balaban J connectivity index is 1.97. The normalized spacial score (nSPS) is 10.4. The topological polar surface area (TPSA) is 71.8 Å². The highest BCUT2D eigenvalue weighted by Crippen LogP contribution is 2.30. The molecule has 0 bridgehead atoms. The van der Waals surface area contributed by atoms with Crippen molar-refractivity contribution in [3.05, 3.63) is 95.9 Å². The molecule has 0 atom stereocenters. The van der Waals surface area contributed by atoms with Gasteiger partial charge in [-0.15, -0.1) is 0 Å². The van der Waals surface area contributed by atoms with Crippen molar-refractivity contribution >= 4 is 5.78 Å². The summed E-state index contributed by atoms with van der Waals surface area (Å²) in [5, 5.41) is 14.2. The van der Waals surface area contributed by atoms with Crippen LogP contribution in [0, 0.1) is 11.3 Å². The van der Waals surface area contributed by atoms with Crippen molar-refractivity contribution in [1.82, 2.24) is 9.78 Å². The van der Waals surface area contributed by atoms with E-state index in [1.54, 1.807) is 41.1 Å². The highest BCUT2D eigenvalue weighted by atomic mass is 16.3. The number of nitrogens with zero attached hydrogens (tertiary/aromatic N) is 3. The minimum atomic E-state index is -0.301. The second kappa shape index (κ2) is 6.54. The molecule has 0 aliphatic carbocycles. The molecule has 0 aliphatic heterocycles. The van der Waals surface area contributed by atoms with Crippen molar-refractivity contribution in [2.45, 2.75) is 0 Å². The van der Waals surface area contributed by atoms with E-state index < -0.39 is 0 Å². The number of furan rings is 1. The van der Waals surface area contributed by atoms with Gasteiger partial charge in [-0.25, -0.2) is 4.68 Å². The lowest BCUT2D eigenvalue weighted by Crippen LogP contribution is -2.05. The van der Waals surface area contributed by atoms with Crippen LogP contribution in [0.1, 0.15) is 21.6 Å². The fourth-order valence-corrected chi connectivity index (χ4v) is 2.81. The van der Waals surface area contributed by atoms with Gasteiger partial charge in [0.15, 0.2) is 11.5 Å². The van der Waals surface area contributed by atoms with Crippen molar-refractivity contribution in [2.75, 3.05) is 0 Å². The van der Waals surface area contributed by atoms with E-state index in [4.69, 9.17) is 4.42 Å². The van der Waals surface area contributed by atoms with E-state index in [1.165, 1.54) is 6.26 Å². The Hall–Kier alpha value is -3.91. The number of nitriles is 1. The second-order valence-electron chi connectivity index (χ2n) is 5.60. The summed E-state index contributed by atoms with van der Waals surface area (Å²) in [6, 6.07) is 23.8. The predicted molar refractivity (Wildman–Crippen MR) is 95.9 cm³/mol. The van der Waals surface area contributed by atoms with Crippen LogP contribution in [-0.2, 0) is 0 Å². The summed E-state index contributed by atoms with van der Waals surface area (Å²) >= 11 is 0. The second-order valence-corrected chi connectivity index (χ2v) is 5.60. The summed E-state index contributed by atoms with van der Waals surface area (Å²) in [5.74, 6) is 0.176. The highest BCUT2D eigenvalue weighted by Gasteiger charge is 2.26. The van der Waals surface area contributed by atoms with Crippen molar-refractivity contribution in [2.24, 2.45) is 0 Å². The maximum Gasteiger partial charge on any atom is 0.214 e. The van der Waals surface area contributed by atoms with Crippen LogP contribution in [-0.4, -0.2) is 15.6 Å². The van der Waals surface area contributed by atoms with Crippen LogP contribution in [0.5, 0.6) is 0 Å². The van der Waals surface area contributed by atoms with Crippen LogP contribution in [0.15, 0.2) is 83.5 Å². The number of para-hydroxylation sites is 1. The molecule has 124 valence electrons. The fourth-order valence-electron chi connectivity index (χ4n) is 2.81. The third-order valence-corrected chi connectivity index (χ3v) is 4.00. The van der Waals surface area contributed by atoms with Crippen LogP contribution in [0.2, 0.25) is 0 Å². The van der Waals surface area contributed by atoms with E-state index in [-0.39, 0.29) is 17.0 Å². The summed E-state index contributed by atoms with van der Waals surface area (Å²) in [5.41, 5.74) is 1.98. The van der Waals surface area contributed by atoms with Gasteiger partial charge < -0.3 is 4.42 Å². The van der Waals surface area contributed by atoms with Crippen molar-refractivity contribution in [1.29, 1.82) is 5.26 Å². The van der Waals surface area contributed by atoms with E-state index in [0.717, 1.165) is 5.69 Å². The Kier molecular flexibility index (Phi) is 3.92. The summed E-state index contributed by atoms with van der Waals surface area (Å²) in [6.45, 7) is 0. The number of carbonyl (C=O) groups is 1. The number of carbonyl (C=O) groups excluding carboxylic acids is 1. The first-order chi connectivity index (χ1) is 12.8. The number of hydrogen-bond acceptors (Lipinski definition) is 4. The van der Waals surface area contributed by atoms with Crippen LogP contribution in [0.4, 0.5) is 0 Å². The molecule has 0 unspecified atom stereocenters. The fraction of sp³-hybridized carbons (Fsp3) is 0. The van der Waals surface area contributed by atoms with Crippen LogP contribution in [0.3, 0.4) is 0 Å². The molecular weight excluding hydrogens is 326 g/mol. The lowest BCUT2D eigenvalue weighted by Gasteiger charge is -2.05. The molecule has 4 aromatic rings. The molecule has 2 aromatic carbocycles. The van der Waals surface area contributed by atoms with E-state index in [2.05, 4.69) is 11.2 Å². The molecule has 4 rings (SSSR count). The van der Waals surface area contributed by atoms with Crippen LogP contribution >= 0.6 is 0 Å². The van der Waals surface area contributed by atoms with E-state index in [9.17, 15) is 10.1 Å². The van der Waals surface area contributed by atoms with Gasteiger partial charge in [-0.2, -0.15) is 10.4 Å². The highest BCUT2D eigenvalue weighted by molar-refractivity contribution is 6.10. The summed E-state index contributed by atoms with van der Waals surface area (Å²) < 4.78 is 7.08. The van der Waals surface area contributed by atoms with Crippen molar-refractivity contribution in [3.63, 3.8) is 0 Å². The largest absolute Gasteiger partial charge is 0.463 e. The Morgan fingerprint density at radius 3 is 2.27 bits per heavy atom. The monoisotopic (exact) mass is 339 g/mol. The minimum absolute atomic E-state index is 0.106. The van der Waals surface area contributed by atoms with E-state index >= 15 is 0 Å².